The van der Waals surface area contributed by atoms with Crippen molar-refractivity contribution in [2.45, 2.75) is 38.1 Å². The van der Waals surface area contributed by atoms with Crippen LogP contribution in [0.3, 0.4) is 0 Å². The van der Waals surface area contributed by atoms with Gasteiger partial charge in [0.05, 0.1) is 12.1 Å². The number of aliphatic carboxylic acids is 1. The van der Waals surface area contributed by atoms with Crippen LogP contribution in [0.1, 0.15) is 31.4 Å². The summed E-state index contributed by atoms with van der Waals surface area (Å²) in [5.41, 5.74) is 0.693. The molecule has 3 rings (SSSR count). The van der Waals surface area contributed by atoms with E-state index in [-0.39, 0.29) is 6.42 Å². The Bertz CT molecular complexity index is 424. The molecule has 5 heteroatoms. The minimum absolute atomic E-state index is 0.0401. The van der Waals surface area contributed by atoms with Gasteiger partial charge in [-0.1, -0.05) is 0 Å². The van der Waals surface area contributed by atoms with Crippen LogP contribution in [0.5, 0.6) is 0 Å². The maximum atomic E-state index is 10.6. The molecule has 0 unspecified atom stereocenters. The minimum atomic E-state index is -0.804. The zero-order chi connectivity index (χ0) is 11.8. The first kappa shape index (κ1) is 11.0. The normalized spacial score (nSPS) is 19.3. The van der Waals surface area contributed by atoms with E-state index in [0.717, 1.165) is 17.6 Å². The van der Waals surface area contributed by atoms with Crippen molar-refractivity contribution >= 4 is 22.4 Å². The molecule has 1 N–H and O–H groups in total. The van der Waals surface area contributed by atoms with Gasteiger partial charge in [0, 0.05) is 18.0 Å². The largest absolute Gasteiger partial charge is 0.481 e. The lowest BCUT2D eigenvalue weighted by atomic mass is 10.3. The average molecular weight is 252 g/mol. The second-order valence-corrected chi connectivity index (χ2v) is 5.86. The minimum Gasteiger partial charge on any atom is -0.481 e. The number of carboxylic acids is 1. The van der Waals surface area contributed by atoms with Gasteiger partial charge in [-0.25, -0.2) is 4.98 Å². The average Bonchev–Trinajstić information content (AvgIpc) is 3.15. The van der Waals surface area contributed by atoms with E-state index in [9.17, 15) is 4.79 Å². The number of hydrogen-bond acceptors (Lipinski definition) is 4. The molecule has 0 spiro atoms. The van der Waals surface area contributed by atoms with Crippen LogP contribution in [-0.2, 0) is 11.2 Å². The lowest BCUT2D eigenvalue weighted by molar-refractivity contribution is -0.136. The maximum absolute atomic E-state index is 10.6. The molecule has 1 aromatic heterocycles. The zero-order valence-electron chi connectivity index (χ0n) is 9.63. The number of hydrogen-bond donors (Lipinski definition) is 1. The summed E-state index contributed by atoms with van der Waals surface area (Å²) < 4.78 is 0. The third kappa shape index (κ3) is 2.77. The van der Waals surface area contributed by atoms with Crippen molar-refractivity contribution in [3.63, 3.8) is 0 Å². The fourth-order valence-corrected chi connectivity index (χ4v) is 2.92. The van der Waals surface area contributed by atoms with E-state index in [0.29, 0.717) is 11.7 Å². The molecule has 0 atom stereocenters. The number of thiazole rings is 1. The SMILES string of the molecule is O=C(O)Cc1csc(N(CC2CC2)C2CC2)n1. The van der Waals surface area contributed by atoms with Gasteiger partial charge in [0.2, 0.25) is 0 Å². The number of rotatable bonds is 6. The van der Waals surface area contributed by atoms with Crippen molar-refractivity contribution in [2.24, 2.45) is 5.92 Å². The summed E-state index contributed by atoms with van der Waals surface area (Å²) in [6.45, 7) is 1.12. The van der Waals surface area contributed by atoms with Gasteiger partial charge in [-0.15, -0.1) is 11.3 Å². The molecule has 0 saturated heterocycles. The number of anilines is 1. The fraction of sp³-hybridized carbons (Fsp3) is 0.667. The molecule has 2 saturated carbocycles. The highest BCUT2D eigenvalue weighted by Crippen LogP contribution is 2.38. The first-order valence-corrected chi connectivity index (χ1v) is 7.03. The molecule has 17 heavy (non-hydrogen) atoms. The summed E-state index contributed by atoms with van der Waals surface area (Å²) in [5.74, 6) is 0.0458. The third-order valence-electron chi connectivity index (χ3n) is 3.26. The summed E-state index contributed by atoms with van der Waals surface area (Å²) >= 11 is 1.59. The molecular weight excluding hydrogens is 236 g/mol. The lowest BCUT2D eigenvalue weighted by Gasteiger charge is -2.21. The van der Waals surface area contributed by atoms with Gasteiger partial charge in [0.15, 0.2) is 5.13 Å². The van der Waals surface area contributed by atoms with Gasteiger partial charge in [-0.05, 0) is 31.6 Å². The van der Waals surface area contributed by atoms with Crippen LogP contribution < -0.4 is 4.90 Å². The Morgan fingerprint density at radius 3 is 2.82 bits per heavy atom. The summed E-state index contributed by atoms with van der Waals surface area (Å²) in [5, 5.41) is 11.6. The van der Waals surface area contributed by atoms with Gasteiger partial charge in [0.1, 0.15) is 0 Å². The van der Waals surface area contributed by atoms with Crippen molar-refractivity contribution in [2.75, 3.05) is 11.4 Å². The number of nitrogens with zero attached hydrogens (tertiary/aromatic N) is 2. The Morgan fingerprint density at radius 2 is 2.24 bits per heavy atom. The number of aromatic nitrogens is 1. The molecule has 0 amide bonds. The molecule has 2 aliphatic carbocycles. The second-order valence-electron chi connectivity index (χ2n) is 5.02. The van der Waals surface area contributed by atoms with E-state index >= 15 is 0 Å². The highest BCUT2D eigenvalue weighted by atomic mass is 32.1. The van der Waals surface area contributed by atoms with Crippen LogP contribution in [0.25, 0.3) is 0 Å². The molecule has 1 heterocycles. The van der Waals surface area contributed by atoms with Crippen LogP contribution >= 0.6 is 11.3 Å². The van der Waals surface area contributed by atoms with Gasteiger partial charge in [0.25, 0.3) is 0 Å². The predicted molar refractivity (Wildman–Crippen MR) is 66.5 cm³/mol. The Labute approximate surface area is 104 Å². The van der Waals surface area contributed by atoms with E-state index in [1.54, 1.807) is 11.3 Å². The molecular formula is C12H16N2O2S. The van der Waals surface area contributed by atoms with Crippen molar-refractivity contribution in [1.29, 1.82) is 0 Å². The van der Waals surface area contributed by atoms with Crippen molar-refractivity contribution in [3.05, 3.63) is 11.1 Å². The standard InChI is InChI=1S/C12H16N2O2S/c15-11(16)5-9-7-17-12(13-9)14(10-3-4-10)6-8-1-2-8/h7-8,10H,1-6H2,(H,15,16). The summed E-state index contributed by atoms with van der Waals surface area (Å²) in [7, 11) is 0. The van der Waals surface area contributed by atoms with Crippen LogP contribution in [-0.4, -0.2) is 28.6 Å². The van der Waals surface area contributed by atoms with Crippen molar-refractivity contribution in [3.8, 4) is 0 Å². The molecule has 2 aliphatic rings. The summed E-state index contributed by atoms with van der Waals surface area (Å²) in [6.07, 6.45) is 5.26. The monoisotopic (exact) mass is 252 g/mol. The van der Waals surface area contributed by atoms with Crippen molar-refractivity contribution < 1.29 is 9.90 Å². The molecule has 0 radical (unpaired) electrons. The number of carboxylic acid groups (broad SMARTS) is 1. The van der Waals surface area contributed by atoms with E-state index in [2.05, 4.69) is 9.88 Å². The fourth-order valence-electron chi connectivity index (χ4n) is 2.01. The van der Waals surface area contributed by atoms with Gasteiger partial charge < -0.3 is 10.0 Å². The highest BCUT2D eigenvalue weighted by molar-refractivity contribution is 7.13. The molecule has 1 aromatic rings. The van der Waals surface area contributed by atoms with Crippen LogP contribution in [0, 0.1) is 5.92 Å². The molecule has 92 valence electrons. The Kier molecular flexibility index (Phi) is 2.78. The van der Waals surface area contributed by atoms with Gasteiger partial charge in [-0.3, -0.25) is 4.79 Å². The Balaban J connectivity index is 1.70. The summed E-state index contributed by atoms with van der Waals surface area (Å²) in [6, 6.07) is 0.666. The van der Waals surface area contributed by atoms with Crippen molar-refractivity contribution in [1.82, 2.24) is 4.98 Å². The molecule has 2 fully saturated rings. The van der Waals surface area contributed by atoms with Crippen LogP contribution in [0.2, 0.25) is 0 Å². The molecule has 4 nitrogen and oxygen atoms in total. The smallest absolute Gasteiger partial charge is 0.309 e. The lowest BCUT2D eigenvalue weighted by Crippen LogP contribution is -2.27. The highest BCUT2D eigenvalue weighted by Gasteiger charge is 2.35. The Morgan fingerprint density at radius 1 is 1.47 bits per heavy atom. The van der Waals surface area contributed by atoms with Gasteiger partial charge >= 0.3 is 5.97 Å². The van der Waals surface area contributed by atoms with E-state index in [4.69, 9.17) is 5.11 Å². The van der Waals surface area contributed by atoms with Gasteiger partial charge in [-0.2, -0.15) is 0 Å². The number of carbonyl (C=O) groups is 1. The van der Waals surface area contributed by atoms with Crippen LogP contribution in [0.15, 0.2) is 5.38 Å². The predicted octanol–water partition coefficient (Wildman–Crippen LogP) is 2.15. The maximum Gasteiger partial charge on any atom is 0.309 e. The second kappa shape index (κ2) is 4.29. The first-order valence-electron chi connectivity index (χ1n) is 6.15. The topological polar surface area (TPSA) is 53.4 Å². The zero-order valence-corrected chi connectivity index (χ0v) is 10.4. The third-order valence-corrected chi connectivity index (χ3v) is 4.18. The molecule has 0 bridgehead atoms. The molecule has 0 aliphatic heterocycles. The van der Waals surface area contributed by atoms with E-state index < -0.39 is 5.97 Å². The first-order chi connectivity index (χ1) is 8.22. The van der Waals surface area contributed by atoms with E-state index in [1.807, 2.05) is 5.38 Å². The Hall–Kier alpha value is -1.10. The molecule has 0 aromatic carbocycles. The quantitative estimate of drug-likeness (QED) is 0.843. The van der Waals surface area contributed by atoms with E-state index in [1.165, 1.54) is 25.7 Å². The summed E-state index contributed by atoms with van der Waals surface area (Å²) in [4.78, 5) is 17.5. The van der Waals surface area contributed by atoms with Crippen LogP contribution in [0.4, 0.5) is 5.13 Å².